The van der Waals surface area contributed by atoms with Crippen LogP contribution in [0.1, 0.15) is 18.8 Å². The third-order valence-corrected chi connectivity index (χ3v) is 4.02. The third-order valence-electron chi connectivity index (χ3n) is 2.49. The van der Waals surface area contributed by atoms with Gasteiger partial charge in [-0.25, -0.2) is 18.1 Å². The number of anilines is 1. The van der Waals surface area contributed by atoms with E-state index in [1.54, 1.807) is 6.92 Å². The van der Waals surface area contributed by atoms with Crippen LogP contribution in [-0.2, 0) is 10.0 Å². The maximum atomic E-state index is 12.1. The first-order valence-electron chi connectivity index (χ1n) is 5.36. The maximum Gasteiger partial charge on any atom is 0.241 e. The zero-order valence-corrected chi connectivity index (χ0v) is 10.8. The van der Waals surface area contributed by atoms with Crippen LogP contribution in [0.25, 0.3) is 0 Å². The molecule has 9 heteroatoms. The number of aromatic amines is 1. The van der Waals surface area contributed by atoms with E-state index in [0.29, 0.717) is 5.82 Å². The lowest BCUT2D eigenvalue weighted by Crippen LogP contribution is -2.27. The van der Waals surface area contributed by atoms with Gasteiger partial charge in [-0.2, -0.15) is 5.10 Å². The van der Waals surface area contributed by atoms with E-state index in [-0.39, 0.29) is 16.3 Å². The number of benzene rings is 1. The highest BCUT2D eigenvalue weighted by atomic mass is 32.2. The molecule has 0 aliphatic rings. The highest BCUT2D eigenvalue weighted by molar-refractivity contribution is 7.89. The molecule has 0 saturated carbocycles. The summed E-state index contributed by atoms with van der Waals surface area (Å²) < 4.78 is 26.6. The van der Waals surface area contributed by atoms with Gasteiger partial charge in [-0.05, 0) is 25.1 Å². The van der Waals surface area contributed by atoms with Crippen molar-refractivity contribution in [2.45, 2.75) is 17.9 Å². The number of aromatic nitrogens is 3. The lowest BCUT2D eigenvalue weighted by molar-refractivity contribution is 0.477. The summed E-state index contributed by atoms with van der Waals surface area (Å²) in [5, 5.41) is 15.5. The van der Waals surface area contributed by atoms with Crippen molar-refractivity contribution in [3.63, 3.8) is 0 Å². The van der Waals surface area contributed by atoms with Crippen molar-refractivity contribution in [3.05, 3.63) is 30.4 Å². The summed E-state index contributed by atoms with van der Waals surface area (Å²) in [6.45, 7) is 1.63. The average molecular weight is 283 g/mol. The number of hydrogen-bond acceptors (Lipinski definition) is 6. The number of phenols is 1. The van der Waals surface area contributed by atoms with Crippen LogP contribution < -0.4 is 10.5 Å². The minimum absolute atomic E-state index is 0.00445. The number of hydrogen-bond donors (Lipinski definition) is 4. The van der Waals surface area contributed by atoms with Crippen LogP contribution in [0.3, 0.4) is 0 Å². The van der Waals surface area contributed by atoms with Crippen LogP contribution >= 0.6 is 0 Å². The minimum Gasteiger partial charge on any atom is -0.506 e. The molecule has 0 spiro atoms. The van der Waals surface area contributed by atoms with Crippen LogP contribution in [0, 0.1) is 0 Å². The van der Waals surface area contributed by atoms with Crippen LogP contribution in [0.5, 0.6) is 5.75 Å². The van der Waals surface area contributed by atoms with Gasteiger partial charge >= 0.3 is 0 Å². The number of H-pyrrole nitrogens is 1. The van der Waals surface area contributed by atoms with E-state index in [9.17, 15) is 13.5 Å². The lowest BCUT2D eigenvalue weighted by Gasteiger charge is -2.12. The molecular weight excluding hydrogens is 270 g/mol. The molecule has 2 aromatic rings. The van der Waals surface area contributed by atoms with Gasteiger partial charge in [-0.15, -0.1) is 0 Å². The molecule has 0 saturated heterocycles. The molecule has 0 radical (unpaired) electrons. The Labute approximate surface area is 109 Å². The number of nitrogens with two attached hydrogens (primary N) is 1. The Balaban J connectivity index is 2.25. The highest BCUT2D eigenvalue weighted by Crippen LogP contribution is 2.23. The zero-order chi connectivity index (χ0) is 14.0. The quantitative estimate of drug-likeness (QED) is 0.465. The van der Waals surface area contributed by atoms with E-state index in [0.717, 1.165) is 0 Å². The van der Waals surface area contributed by atoms with E-state index < -0.39 is 16.1 Å². The number of sulfonamides is 1. The minimum atomic E-state index is -3.75. The molecule has 5 N–H and O–H groups in total. The van der Waals surface area contributed by atoms with Gasteiger partial charge in [0.05, 0.1) is 16.6 Å². The van der Waals surface area contributed by atoms with E-state index in [2.05, 4.69) is 19.9 Å². The second-order valence-corrected chi connectivity index (χ2v) is 5.65. The lowest BCUT2D eigenvalue weighted by atomic mass is 10.3. The molecule has 8 nitrogen and oxygen atoms in total. The second-order valence-electron chi connectivity index (χ2n) is 3.93. The largest absolute Gasteiger partial charge is 0.506 e. The molecule has 1 heterocycles. The first-order valence-corrected chi connectivity index (χ1v) is 6.84. The zero-order valence-electron chi connectivity index (χ0n) is 10.0. The van der Waals surface area contributed by atoms with Crippen molar-refractivity contribution in [3.8, 4) is 5.75 Å². The molecular formula is C10H13N5O3S. The Morgan fingerprint density at radius 1 is 1.47 bits per heavy atom. The molecule has 1 unspecified atom stereocenters. The maximum absolute atomic E-state index is 12.1. The Hall–Kier alpha value is -2.13. The standard InChI is InChI=1S/C10H13N5O3S/c1-6(10-12-5-13-14-10)15-19(17,18)7-2-3-9(16)8(11)4-7/h2-6,15-16H,11H2,1H3,(H,12,13,14). The summed E-state index contributed by atoms with van der Waals surface area (Å²) in [6.07, 6.45) is 1.29. The van der Waals surface area contributed by atoms with Gasteiger partial charge in [-0.3, -0.25) is 5.10 Å². The monoisotopic (exact) mass is 283 g/mol. The van der Waals surface area contributed by atoms with Crippen LogP contribution in [0.2, 0.25) is 0 Å². The molecule has 0 amide bonds. The first-order chi connectivity index (χ1) is 8.90. The Morgan fingerprint density at radius 3 is 2.79 bits per heavy atom. The summed E-state index contributed by atoms with van der Waals surface area (Å²) in [6, 6.07) is 3.11. The van der Waals surface area contributed by atoms with E-state index >= 15 is 0 Å². The van der Waals surface area contributed by atoms with Crippen molar-refractivity contribution in [1.82, 2.24) is 19.9 Å². The number of aromatic hydroxyl groups is 1. The molecule has 0 aliphatic carbocycles. The van der Waals surface area contributed by atoms with Gasteiger partial charge in [-0.1, -0.05) is 0 Å². The SMILES string of the molecule is CC(NS(=O)(=O)c1ccc(O)c(N)c1)c1ncn[nH]1. The van der Waals surface area contributed by atoms with Gasteiger partial charge in [0.15, 0.2) is 0 Å². The normalized spacial score (nSPS) is 13.3. The van der Waals surface area contributed by atoms with E-state index in [1.165, 1.54) is 24.5 Å². The van der Waals surface area contributed by atoms with Crippen molar-refractivity contribution >= 4 is 15.7 Å². The summed E-state index contributed by atoms with van der Waals surface area (Å²) in [5.74, 6) is 0.234. The Kier molecular flexibility index (Phi) is 3.40. The molecule has 2 rings (SSSR count). The molecule has 1 aromatic heterocycles. The number of nitrogen functional groups attached to an aromatic ring is 1. The fourth-order valence-corrected chi connectivity index (χ4v) is 2.72. The smallest absolute Gasteiger partial charge is 0.241 e. The number of nitrogens with one attached hydrogen (secondary N) is 2. The van der Waals surface area contributed by atoms with Gasteiger partial charge in [0, 0.05) is 0 Å². The van der Waals surface area contributed by atoms with Gasteiger partial charge in [0.1, 0.15) is 17.9 Å². The fraction of sp³-hybridized carbons (Fsp3) is 0.200. The predicted octanol–water partition coefficient (Wildman–Crippen LogP) is 0.132. The molecule has 0 bridgehead atoms. The summed E-state index contributed by atoms with van der Waals surface area (Å²) >= 11 is 0. The molecule has 0 fully saturated rings. The van der Waals surface area contributed by atoms with Gasteiger partial charge in [0.25, 0.3) is 0 Å². The molecule has 0 aliphatic heterocycles. The number of phenolic OH excluding ortho intramolecular Hbond substituents is 1. The van der Waals surface area contributed by atoms with Crippen molar-refractivity contribution < 1.29 is 13.5 Å². The van der Waals surface area contributed by atoms with Crippen LogP contribution in [0.15, 0.2) is 29.4 Å². The van der Waals surface area contributed by atoms with E-state index in [1.807, 2.05) is 0 Å². The van der Waals surface area contributed by atoms with Crippen molar-refractivity contribution in [2.75, 3.05) is 5.73 Å². The van der Waals surface area contributed by atoms with E-state index in [4.69, 9.17) is 5.73 Å². The van der Waals surface area contributed by atoms with Crippen LogP contribution in [0.4, 0.5) is 5.69 Å². The van der Waals surface area contributed by atoms with Gasteiger partial charge < -0.3 is 10.8 Å². The molecule has 1 aromatic carbocycles. The second kappa shape index (κ2) is 4.86. The number of rotatable bonds is 4. The molecule has 102 valence electrons. The average Bonchev–Trinajstić information content (AvgIpc) is 2.85. The summed E-state index contributed by atoms with van der Waals surface area (Å²) in [7, 11) is -3.75. The van der Waals surface area contributed by atoms with Gasteiger partial charge in [0.2, 0.25) is 10.0 Å². The summed E-state index contributed by atoms with van der Waals surface area (Å²) in [4.78, 5) is 3.83. The summed E-state index contributed by atoms with van der Waals surface area (Å²) in [5.41, 5.74) is 5.47. The first kappa shape index (κ1) is 13.3. The van der Waals surface area contributed by atoms with Crippen molar-refractivity contribution in [1.29, 1.82) is 0 Å². The Bertz CT molecular complexity index is 668. The number of nitrogens with zero attached hydrogens (tertiary/aromatic N) is 2. The van der Waals surface area contributed by atoms with Crippen LogP contribution in [-0.4, -0.2) is 28.7 Å². The predicted molar refractivity (Wildman–Crippen MR) is 67.6 cm³/mol. The molecule has 1 atom stereocenters. The molecule has 19 heavy (non-hydrogen) atoms. The van der Waals surface area contributed by atoms with Crippen molar-refractivity contribution in [2.24, 2.45) is 0 Å². The fourth-order valence-electron chi connectivity index (χ4n) is 1.48. The topological polar surface area (TPSA) is 134 Å². The third kappa shape index (κ3) is 2.83. The highest BCUT2D eigenvalue weighted by Gasteiger charge is 2.20. The Morgan fingerprint density at radius 2 is 2.21 bits per heavy atom.